The largest absolute Gasteiger partial charge is 0.489 e. The van der Waals surface area contributed by atoms with Gasteiger partial charge < -0.3 is 15.2 Å². The Balaban J connectivity index is 1.43. The third-order valence-electron chi connectivity index (χ3n) is 4.85. The number of carbonyl (C=O) groups is 1. The Labute approximate surface area is 185 Å². The maximum Gasteiger partial charge on any atom is 0.326 e. The lowest BCUT2D eigenvalue weighted by atomic mass is 10.1. The highest BCUT2D eigenvalue weighted by molar-refractivity contribution is 5.77. The first-order chi connectivity index (χ1) is 15.7. The minimum Gasteiger partial charge on any atom is -0.489 e. The normalized spacial score (nSPS) is 11.5. The van der Waals surface area contributed by atoms with Gasteiger partial charge in [-0.25, -0.2) is 14.8 Å². The van der Waals surface area contributed by atoms with Crippen molar-refractivity contribution in [3.05, 3.63) is 103 Å². The van der Waals surface area contributed by atoms with Crippen molar-refractivity contribution in [2.24, 2.45) is 0 Å². The number of anilines is 1. The number of nitrogens with one attached hydrogen (secondary N) is 1. The molecule has 2 N–H and O–H groups in total. The van der Waals surface area contributed by atoms with Crippen LogP contribution in [0.2, 0.25) is 0 Å². The van der Waals surface area contributed by atoms with Gasteiger partial charge in [0.15, 0.2) is 0 Å². The Hall–Kier alpha value is -4.26. The van der Waals surface area contributed by atoms with E-state index in [1.165, 1.54) is 6.33 Å². The summed E-state index contributed by atoms with van der Waals surface area (Å²) in [5.41, 5.74) is 3.49. The molecule has 0 aliphatic heterocycles. The molecule has 4 aromatic rings. The van der Waals surface area contributed by atoms with Crippen molar-refractivity contribution in [3.63, 3.8) is 0 Å². The molecular formula is C25H22N4O3. The number of hydrogen-bond donors (Lipinski definition) is 2. The number of aliphatic carboxylic acids is 1. The number of nitrogens with zero attached hydrogens (tertiary/aromatic N) is 3. The molecule has 0 radical (unpaired) electrons. The fourth-order valence-corrected chi connectivity index (χ4v) is 3.19. The van der Waals surface area contributed by atoms with Gasteiger partial charge in [-0.1, -0.05) is 36.4 Å². The van der Waals surface area contributed by atoms with Crippen molar-refractivity contribution < 1.29 is 14.6 Å². The topological polar surface area (TPSA) is 97.2 Å². The van der Waals surface area contributed by atoms with Crippen molar-refractivity contribution in [1.82, 2.24) is 15.0 Å². The number of carboxylic acids is 1. The van der Waals surface area contributed by atoms with E-state index in [4.69, 9.17) is 4.74 Å². The van der Waals surface area contributed by atoms with Crippen LogP contribution in [0.15, 0.2) is 91.5 Å². The highest BCUT2D eigenvalue weighted by atomic mass is 16.5. The average Bonchev–Trinajstić information content (AvgIpc) is 2.84. The molecule has 0 amide bonds. The van der Waals surface area contributed by atoms with Gasteiger partial charge in [-0.2, -0.15) is 0 Å². The lowest BCUT2D eigenvalue weighted by molar-refractivity contribution is -0.137. The summed E-state index contributed by atoms with van der Waals surface area (Å²) in [6.45, 7) is 0.437. The molecule has 0 spiro atoms. The summed E-state index contributed by atoms with van der Waals surface area (Å²) in [6, 6.07) is 21.8. The zero-order valence-electron chi connectivity index (χ0n) is 17.3. The average molecular weight is 426 g/mol. The predicted molar refractivity (Wildman–Crippen MR) is 121 cm³/mol. The summed E-state index contributed by atoms with van der Waals surface area (Å²) < 4.78 is 5.79. The highest BCUT2D eigenvalue weighted by Gasteiger charge is 2.18. The third-order valence-corrected chi connectivity index (χ3v) is 4.85. The number of hydrogen-bond acceptors (Lipinski definition) is 6. The van der Waals surface area contributed by atoms with Gasteiger partial charge in [-0.3, -0.25) is 4.98 Å². The first-order valence-electron chi connectivity index (χ1n) is 10.1. The maximum atomic E-state index is 11.7. The molecule has 1 atom stereocenters. The lowest BCUT2D eigenvalue weighted by Crippen LogP contribution is -2.31. The fraction of sp³-hybridized carbons (Fsp3) is 0.120. The van der Waals surface area contributed by atoms with E-state index in [0.717, 1.165) is 22.4 Å². The third kappa shape index (κ3) is 5.66. The Morgan fingerprint density at radius 1 is 0.969 bits per heavy atom. The molecule has 0 aliphatic carbocycles. The van der Waals surface area contributed by atoms with Crippen molar-refractivity contribution in [2.45, 2.75) is 19.1 Å². The zero-order chi connectivity index (χ0) is 22.2. The van der Waals surface area contributed by atoms with Crippen LogP contribution in [0, 0.1) is 0 Å². The van der Waals surface area contributed by atoms with Crippen LogP contribution in [-0.4, -0.2) is 32.1 Å². The SMILES string of the molecule is O=C(O)C(Cc1ccccc1)Nc1cc(-c2ccc(OCc3cccnc3)cc2)ncn1. The van der Waals surface area contributed by atoms with E-state index in [9.17, 15) is 9.90 Å². The minimum atomic E-state index is -0.941. The monoisotopic (exact) mass is 426 g/mol. The van der Waals surface area contributed by atoms with E-state index < -0.39 is 12.0 Å². The molecule has 7 nitrogen and oxygen atoms in total. The quantitative estimate of drug-likeness (QED) is 0.413. The van der Waals surface area contributed by atoms with Gasteiger partial charge >= 0.3 is 5.97 Å². The first-order valence-corrected chi connectivity index (χ1v) is 10.1. The fourth-order valence-electron chi connectivity index (χ4n) is 3.19. The number of aromatic nitrogens is 3. The molecule has 2 aromatic heterocycles. The van der Waals surface area contributed by atoms with Crippen LogP contribution in [0.4, 0.5) is 5.82 Å². The Morgan fingerprint density at radius 3 is 2.47 bits per heavy atom. The second kappa shape index (κ2) is 10.2. The summed E-state index contributed by atoms with van der Waals surface area (Å²) >= 11 is 0. The van der Waals surface area contributed by atoms with Crippen LogP contribution < -0.4 is 10.1 Å². The number of carboxylic acid groups (broad SMARTS) is 1. The van der Waals surface area contributed by atoms with Crippen molar-refractivity contribution >= 4 is 11.8 Å². The molecule has 0 aliphatic rings. The Bertz CT molecular complexity index is 1150. The van der Waals surface area contributed by atoms with Crippen LogP contribution >= 0.6 is 0 Å². The molecule has 7 heteroatoms. The predicted octanol–water partition coefficient (Wildman–Crippen LogP) is 4.23. The summed E-state index contributed by atoms with van der Waals surface area (Å²) in [7, 11) is 0. The molecule has 0 fully saturated rings. The second-order valence-electron chi connectivity index (χ2n) is 7.19. The van der Waals surface area contributed by atoms with Crippen LogP contribution in [0.25, 0.3) is 11.3 Å². The molecule has 0 saturated heterocycles. The number of rotatable bonds is 9. The molecule has 2 aromatic carbocycles. The van der Waals surface area contributed by atoms with Crippen molar-refractivity contribution in [3.8, 4) is 17.0 Å². The van der Waals surface area contributed by atoms with E-state index in [-0.39, 0.29) is 0 Å². The molecule has 2 heterocycles. The van der Waals surface area contributed by atoms with Gasteiger partial charge in [-0.15, -0.1) is 0 Å². The van der Waals surface area contributed by atoms with Crippen LogP contribution in [0.1, 0.15) is 11.1 Å². The highest BCUT2D eigenvalue weighted by Crippen LogP contribution is 2.23. The molecule has 4 rings (SSSR count). The van der Waals surface area contributed by atoms with Gasteiger partial charge in [0.1, 0.15) is 30.5 Å². The van der Waals surface area contributed by atoms with E-state index in [1.54, 1.807) is 18.5 Å². The summed E-state index contributed by atoms with van der Waals surface area (Å²) in [4.78, 5) is 24.3. The van der Waals surface area contributed by atoms with Crippen LogP contribution in [0.5, 0.6) is 5.75 Å². The van der Waals surface area contributed by atoms with E-state index in [1.807, 2.05) is 66.7 Å². The standard InChI is InChI=1S/C25H22N4O3/c30-25(31)23(13-18-5-2-1-3-6-18)29-24-14-22(27-17-28-24)20-8-10-21(11-9-20)32-16-19-7-4-12-26-15-19/h1-12,14-15,17,23H,13,16H2,(H,30,31)(H,27,28,29). The van der Waals surface area contributed by atoms with E-state index in [2.05, 4.69) is 20.3 Å². The molecule has 160 valence electrons. The summed E-state index contributed by atoms with van der Waals surface area (Å²) in [5, 5.41) is 12.6. The summed E-state index contributed by atoms with van der Waals surface area (Å²) in [5.74, 6) is 0.248. The van der Waals surface area contributed by atoms with Gasteiger partial charge in [0.05, 0.1) is 5.69 Å². The smallest absolute Gasteiger partial charge is 0.326 e. The van der Waals surface area contributed by atoms with Crippen molar-refractivity contribution in [2.75, 3.05) is 5.32 Å². The van der Waals surface area contributed by atoms with Crippen LogP contribution in [0.3, 0.4) is 0 Å². The Kier molecular flexibility index (Phi) is 6.67. The number of ether oxygens (including phenoxy) is 1. The first kappa shape index (κ1) is 21.0. The van der Waals surface area contributed by atoms with Gasteiger partial charge in [0.25, 0.3) is 0 Å². The number of pyridine rings is 1. The molecular weight excluding hydrogens is 404 g/mol. The maximum absolute atomic E-state index is 11.7. The summed E-state index contributed by atoms with van der Waals surface area (Å²) in [6.07, 6.45) is 5.26. The Morgan fingerprint density at radius 2 is 1.75 bits per heavy atom. The number of benzene rings is 2. The zero-order valence-corrected chi connectivity index (χ0v) is 17.3. The molecule has 1 unspecified atom stereocenters. The van der Waals surface area contributed by atoms with Crippen molar-refractivity contribution in [1.29, 1.82) is 0 Å². The van der Waals surface area contributed by atoms with Gasteiger partial charge in [0.2, 0.25) is 0 Å². The lowest BCUT2D eigenvalue weighted by Gasteiger charge is -2.15. The molecule has 0 saturated carbocycles. The van der Waals surface area contributed by atoms with Gasteiger partial charge in [0, 0.05) is 36.0 Å². The second-order valence-corrected chi connectivity index (χ2v) is 7.19. The van der Waals surface area contributed by atoms with Crippen LogP contribution in [-0.2, 0) is 17.8 Å². The minimum absolute atomic E-state index is 0.346. The molecule has 32 heavy (non-hydrogen) atoms. The van der Waals surface area contributed by atoms with E-state index >= 15 is 0 Å². The molecule has 0 bridgehead atoms. The van der Waals surface area contributed by atoms with E-state index in [0.29, 0.717) is 24.5 Å². The van der Waals surface area contributed by atoms with Gasteiger partial charge in [-0.05, 0) is 35.9 Å².